The minimum atomic E-state index is -0.471. The normalized spacial score (nSPS) is 26.9. The lowest BCUT2D eigenvalue weighted by Crippen LogP contribution is -2.42. The number of ether oxygens (including phenoxy) is 1. The second-order valence-electron chi connectivity index (χ2n) is 7.37. The van der Waals surface area contributed by atoms with Crippen LogP contribution in [0, 0.1) is 5.92 Å². The highest BCUT2D eigenvalue weighted by molar-refractivity contribution is 6.16. The van der Waals surface area contributed by atoms with E-state index in [4.69, 9.17) is 4.74 Å². The number of carbonyl (C=O) groups excluding carboxylic acids is 2. The van der Waals surface area contributed by atoms with Crippen LogP contribution in [0.25, 0.3) is 0 Å². The van der Waals surface area contributed by atoms with Crippen molar-refractivity contribution in [3.63, 3.8) is 0 Å². The zero-order valence-corrected chi connectivity index (χ0v) is 14.1. The van der Waals surface area contributed by atoms with Crippen LogP contribution >= 0.6 is 0 Å². The molecule has 0 aromatic rings. The first-order valence-electron chi connectivity index (χ1n) is 8.18. The van der Waals surface area contributed by atoms with Gasteiger partial charge in [0.1, 0.15) is 5.60 Å². The van der Waals surface area contributed by atoms with Crippen molar-refractivity contribution in [1.29, 1.82) is 0 Å². The Labute approximate surface area is 133 Å². The van der Waals surface area contributed by atoms with Gasteiger partial charge in [-0.05, 0) is 45.6 Å². The van der Waals surface area contributed by atoms with Gasteiger partial charge >= 0.3 is 6.09 Å². The second kappa shape index (κ2) is 6.41. The zero-order chi connectivity index (χ0) is 16.5. The Bertz CT molecular complexity index is 453. The molecule has 1 aliphatic carbocycles. The van der Waals surface area contributed by atoms with Crippen molar-refractivity contribution in [1.82, 2.24) is 10.2 Å². The van der Waals surface area contributed by atoms with Gasteiger partial charge in [0.05, 0.1) is 5.92 Å². The number of Topliss-reactive ketones (excluding diaryl/α,β-unsaturated/α-hetero) is 1. The van der Waals surface area contributed by atoms with Gasteiger partial charge in [0.2, 0.25) is 0 Å². The molecule has 1 amide bonds. The van der Waals surface area contributed by atoms with Gasteiger partial charge in [-0.3, -0.25) is 9.69 Å². The lowest BCUT2D eigenvalue weighted by molar-refractivity contribution is -0.110. The van der Waals surface area contributed by atoms with E-state index in [1.54, 1.807) is 0 Å². The number of allylic oxidation sites excluding steroid dienone is 1. The fraction of sp³-hybridized carbons (Fsp3) is 0.765. The number of ketones is 1. The number of likely N-dealkylation sites (tertiary alicyclic amines) is 1. The van der Waals surface area contributed by atoms with E-state index in [0.717, 1.165) is 37.9 Å². The third-order valence-corrected chi connectivity index (χ3v) is 4.41. The Morgan fingerprint density at radius 3 is 2.64 bits per heavy atom. The van der Waals surface area contributed by atoms with Crippen molar-refractivity contribution in [3.8, 4) is 0 Å². The van der Waals surface area contributed by atoms with Crippen LogP contribution in [0.4, 0.5) is 4.79 Å². The minimum Gasteiger partial charge on any atom is -0.444 e. The Balaban J connectivity index is 1.79. The molecule has 5 heteroatoms. The summed E-state index contributed by atoms with van der Waals surface area (Å²) in [6.45, 7) is 13.3. The molecule has 3 unspecified atom stereocenters. The molecule has 0 bridgehead atoms. The molecular weight excluding hydrogens is 280 g/mol. The maximum absolute atomic E-state index is 11.8. The summed E-state index contributed by atoms with van der Waals surface area (Å²) in [6.07, 6.45) is 2.46. The zero-order valence-electron chi connectivity index (χ0n) is 14.1. The fourth-order valence-electron chi connectivity index (χ4n) is 3.10. The second-order valence-corrected chi connectivity index (χ2v) is 7.37. The molecule has 2 fully saturated rings. The van der Waals surface area contributed by atoms with Crippen molar-refractivity contribution in [2.24, 2.45) is 5.92 Å². The molecule has 1 heterocycles. The van der Waals surface area contributed by atoms with Gasteiger partial charge in [-0.2, -0.15) is 0 Å². The molecule has 1 saturated carbocycles. The highest BCUT2D eigenvalue weighted by Gasteiger charge is 2.43. The maximum Gasteiger partial charge on any atom is 0.407 e. The van der Waals surface area contributed by atoms with Gasteiger partial charge in [-0.15, -0.1) is 0 Å². The molecule has 0 spiro atoms. The third kappa shape index (κ3) is 4.32. The molecule has 124 valence electrons. The van der Waals surface area contributed by atoms with Crippen molar-refractivity contribution in [2.75, 3.05) is 13.1 Å². The van der Waals surface area contributed by atoms with Crippen molar-refractivity contribution < 1.29 is 14.3 Å². The summed E-state index contributed by atoms with van der Waals surface area (Å²) in [6, 6.07) is 0.514. The van der Waals surface area contributed by atoms with Crippen LogP contribution in [0.5, 0.6) is 0 Å². The molecule has 2 aliphatic rings. The average Bonchev–Trinajstić information content (AvgIpc) is 2.78. The van der Waals surface area contributed by atoms with E-state index in [1.807, 2.05) is 20.8 Å². The summed E-state index contributed by atoms with van der Waals surface area (Å²) >= 11 is 0. The number of hydrogen-bond donors (Lipinski definition) is 1. The van der Waals surface area contributed by atoms with E-state index >= 15 is 0 Å². The molecule has 1 N–H and O–H groups in total. The highest BCUT2D eigenvalue weighted by atomic mass is 16.6. The largest absolute Gasteiger partial charge is 0.444 e. The predicted molar refractivity (Wildman–Crippen MR) is 85.7 cm³/mol. The van der Waals surface area contributed by atoms with E-state index in [9.17, 15) is 9.59 Å². The van der Waals surface area contributed by atoms with Crippen LogP contribution in [0.3, 0.4) is 0 Å². The summed E-state index contributed by atoms with van der Waals surface area (Å²) in [5.74, 6) is 0.295. The van der Waals surface area contributed by atoms with Crippen LogP contribution in [-0.2, 0) is 9.53 Å². The maximum atomic E-state index is 11.8. The highest BCUT2D eigenvalue weighted by Crippen LogP contribution is 2.37. The quantitative estimate of drug-likeness (QED) is 0.793. The lowest BCUT2D eigenvalue weighted by Gasteiger charge is -2.27. The van der Waals surface area contributed by atoms with Gasteiger partial charge in [0.25, 0.3) is 0 Å². The van der Waals surface area contributed by atoms with E-state index in [1.165, 1.54) is 0 Å². The van der Waals surface area contributed by atoms with Gasteiger partial charge in [0, 0.05) is 25.2 Å². The van der Waals surface area contributed by atoms with Crippen LogP contribution in [0.15, 0.2) is 12.2 Å². The minimum absolute atomic E-state index is 0.0721. The Morgan fingerprint density at radius 2 is 2.14 bits per heavy atom. The molecule has 1 aliphatic heterocycles. The van der Waals surface area contributed by atoms with Crippen LogP contribution < -0.4 is 5.32 Å². The summed E-state index contributed by atoms with van der Waals surface area (Å²) in [5, 5.41) is 2.94. The Morgan fingerprint density at radius 1 is 1.50 bits per heavy atom. The number of amides is 1. The van der Waals surface area contributed by atoms with Crippen molar-refractivity contribution in [3.05, 3.63) is 12.2 Å². The van der Waals surface area contributed by atoms with Gasteiger partial charge < -0.3 is 10.1 Å². The van der Waals surface area contributed by atoms with Crippen molar-refractivity contribution >= 4 is 11.9 Å². The lowest BCUT2D eigenvalue weighted by atomic mass is 10.1. The molecule has 0 aromatic carbocycles. The molecule has 2 rings (SSSR count). The summed E-state index contributed by atoms with van der Waals surface area (Å²) in [5.41, 5.74) is 0.308. The van der Waals surface area contributed by atoms with Gasteiger partial charge in [-0.1, -0.05) is 13.5 Å². The van der Waals surface area contributed by atoms with Crippen molar-refractivity contribution in [2.45, 2.75) is 64.6 Å². The Hall–Kier alpha value is -1.36. The first kappa shape index (κ1) is 17.0. The number of nitrogens with zero attached hydrogens (tertiary/aromatic N) is 1. The van der Waals surface area contributed by atoms with Crippen LogP contribution in [0.1, 0.15) is 47.0 Å². The summed E-state index contributed by atoms with van der Waals surface area (Å²) in [7, 11) is 0. The van der Waals surface area contributed by atoms with E-state index < -0.39 is 5.60 Å². The molecule has 3 atom stereocenters. The van der Waals surface area contributed by atoms with Gasteiger partial charge in [-0.25, -0.2) is 4.79 Å². The molecule has 1 saturated heterocycles. The topological polar surface area (TPSA) is 58.6 Å². The number of alkyl carbamates (subject to hydrolysis) is 1. The standard InChI is InChI=1S/C17H28N2O3/c1-6-13(9-14-11(2)15(14)20)19-8-7-12(10-19)18-16(21)22-17(3,4)5/h12-14H,2,6-10H2,1,3-5H3,(H,18,21). The SMILES string of the molecule is C=C1C(=O)C1CC(CC)N1CCC(NC(=O)OC(C)(C)C)C1. The van der Waals surface area contributed by atoms with Crippen LogP contribution in [0.2, 0.25) is 0 Å². The molecule has 0 aromatic heterocycles. The van der Waals surface area contributed by atoms with Crippen LogP contribution in [-0.4, -0.2) is 47.6 Å². The van der Waals surface area contributed by atoms with E-state index in [0.29, 0.717) is 6.04 Å². The fourth-order valence-corrected chi connectivity index (χ4v) is 3.10. The number of hydrogen-bond acceptors (Lipinski definition) is 4. The van der Waals surface area contributed by atoms with Gasteiger partial charge in [0.15, 0.2) is 5.78 Å². The number of carbonyl (C=O) groups is 2. The molecule has 5 nitrogen and oxygen atoms in total. The summed E-state index contributed by atoms with van der Waals surface area (Å²) < 4.78 is 5.30. The van der Waals surface area contributed by atoms with E-state index in [2.05, 4.69) is 23.7 Å². The average molecular weight is 308 g/mol. The summed E-state index contributed by atoms with van der Waals surface area (Å²) in [4.78, 5) is 25.6. The smallest absolute Gasteiger partial charge is 0.407 e. The molecule has 0 radical (unpaired) electrons. The third-order valence-electron chi connectivity index (χ3n) is 4.41. The number of nitrogens with one attached hydrogen (secondary N) is 1. The number of rotatable bonds is 5. The molecular formula is C17H28N2O3. The first-order chi connectivity index (χ1) is 10.2. The predicted octanol–water partition coefficient (Wildman–Crippen LogP) is 2.51. The first-order valence-corrected chi connectivity index (χ1v) is 8.18. The monoisotopic (exact) mass is 308 g/mol. The molecule has 22 heavy (non-hydrogen) atoms. The van der Waals surface area contributed by atoms with E-state index in [-0.39, 0.29) is 23.8 Å². The Kier molecular flexibility index (Phi) is 4.95.